The van der Waals surface area contributed by atoms with Crippen molar-refractivity contribution >= 4 is 29.6 Å². The molecular weight excluding hydrogens is 996 g/mol. The molecule has 0 aliphatic carbocycles. The second kappa shape index (κ2) is 24.2. The molecule has 3 aliphatic rings. The number of carbonyl (C=O) groups is 4. The average molecular weight is 1060 g/mol. The molecule has 410 valence electrons. The molecule has 7 rings (SSSR count). The average Bonchev–Trinajstić information content (AvgIpc) is 3.98. The fourth-order valence-corrected chi connectivity index (χ4v) is 10.1. The van der Waals surface area contributed by atoms with E-state index < -0.39 is 77.7 Å². The standard InChI is InChI=1S/C55H67F5N8O8/c1-53(2,3)43(26-48(71)74-6)50(72)64-66(28-37-14-17-38(18-15-37)44-22-23-67(63-44)51(56)57)31-46(70)39(25-45(69)49(62-52(73)75-7)54(4,5)55(58,59)60)24-35-11-8-34(9-12-35)10-13-36-16-21-47(61-27-36)65-29-40-19-20-41(30-65)68(40)42-32-76-33-42/h8-9,11-12,14-18,21-23,27,39-43,46,49,51,70H,19-20,24-26,28-33H2,1-7H3,(H,62,73)(H,64,72)/t39-,40?,41?,43-,46+,49-/m1/s1. The van der Waals surface area contributed by atoms with Crippen LogP contribution in [0.1, 0.15) is 89.1 Å². The lowest BCUT2D eigenvalue weighted by Crippen LogP contribution is -2.62. The zero-order valence-corrected chi connectivity index (χ0v) is 43.8. The highest BCUT2D eigenvalue weighted by Crippen LogP contribution is 2.42. The molecule has 2 bridgehead atoms. The molecule has 2 aromatic heterocycles. The normalized spacial score (nSPS) is 18.8. The van der Waals surface area contributed by atoms with Crippen LogP contribution in [0.3, 0.4) is 0 Å². The molecule has 21 heteroatoms. The predicted octanol–water partition coefficient (Wildman–Crippen LogP) is 7.34. The van der Waals surface area contributed by atoms with Crippen molar-refractivity contribution in [2.24, 2.45) is 22.7 Å². The van der Waals surface area contributed by atoms with Crippen LogP contribution >= 0.6 is 0 Å². The summed E-state index contributed by atoms with van der Waals surface area (Å²) in [4.78, 5) is 63.1. The molecule has 3 fully saturated rings. The Labute approximate surface area is 439 Å². The lowest BCUT2D eigenvalue weighted by atomic mass is 9.77. The topological polar surface area (TPSA) is 181 Å². The molecule has 76 heavy (non-hydrogen) atoms. The van der Waals surface area contributed by atoms with Crippen molar-refractivity contribution in [1.29, 1.82) is 0 Å². The number of ether oxygens (including phenoxy) is 3. The summed E-state index contributed by atoms with van der Waals surface area (Å²) in [5.41, 5.74) is 2.55. The van der Waals surface area contributed by atoms with Crippen molar-refractivity contribution in [2.75, 3.05) is 52.0 Å². The monoisotopic (exact) mass is 1060 g/mol. The lowest BCUT2D eigenvalue weighted by molar-refractivity contribution is -0.220. The van der Waals surface area contributed by atoms with Crippen LogP contribution in [-0.4, -0.2) is 137 Å². The van der Waals surface area contributed by atoms with Crippen molar-refractivity contribution in [2.45, 2.75) is 116 Å². The third-order valence-corrected chi connectivity index (χ3v) is 14.8. The van der Waals surface area contributed by atoms with Crippen LogP contribution in [0.4, 0.5) is 32.6 Å². The first-order chi connectivity index (χ1) is 35.9. The molecule has 0 radical (unpaired) electrons. The van der Waals surface area contributed by atoms with Crippen molar-refractivity contribution < 1.29 is 60.4 Å². The Morgan fingerprint density at radius 2 is 1.47 bits per heavy atom. The Kier molecular flexibility index (Phi) is 18.3. The van der Waals surface area contributed by atoms with Crippen molar-refractivity contribution in [3.8, 4) is 23.1 Å². The number of nitrogens with zero attached hydrogens (tertiary/aromatic N) is 6. The van der Waals surface area contributed by atoms with Crippen LogP contribution < -0.4 is 15.6 Å². The molecule has 4 aromatic rings. The van der Waals surface area contributed by atoms with Gasteiger partial charge in [0.05, 0.1) is 63.0 Å². The number of fused-ring (bicyclic) bond motifs is 2. The van der Waals surface area contributed by atoms with E-state index in [2.05, 4.69) is 42.2 Å². The van der Waals surface area contributed by atoms with Crippen molar-refractivity contribution in [3.63, 3.8) is 0 Å². The number of ketones is 1. The second-order valence-electron chi connectivity index (χ2n) is 21.5. The zero-order valence-electron chi connectivity index (χ0n) is 43.8. The summed E-state index contributed by atoms with van der Waals surface area (Å²) in [5, 5.41) is 19.6. The summed E-state index contributed by atoms with van der Waals surface area (Å²) >= 11 is 0. The smallest absolute Gasteiger partial charge is 0.407 e. The fraction of sp³-hybridized carbons (Fsp3) is 0.527. The number of Topliss-reactive ketones (excluding diaryl/α,β-unsaturated/α-hetero) is 1. The summed E-state index contributed by atoms with van der Waals surface area (Å²) in [7, 11) is 2.15. The van der Waals surface area contributed by atoms with Gasteiger partial charge >= 0.3 is 24.8 Å². The van der Waals surface area contributed by atoms with E-state index >= 15 is 0 Å². The highest BCUT2D eigenvalue weighted by atomic mass is 19.4. The summed E-state index contributed by atoms with van der Waals surface area (Å²) in [5.74, 6) is 2.85. The first-order valence-corrected chi connectivity index (χ1v) is 25.3. The number of anilines is 1. The highest BCUT2D eigenvalue weighted by Gasteiger charge is 2.55. The second-order valence-corrected chi connectivity index (χ2v) is 21.5. The molecule has 0 spiro atoms. The van der Waals surface area contributed by atoms with Gasteiger partial charge in [-0.3, -0.25) is 24.7 Å². The number of methoxy groups -OCH3 is 2. The number of rotatable bonds is 20. The number of hydrazine groups is 1. The maximum atomic E-state index is 14.6. The van der Waals surface area contributed by atoms with Gasteiger partial charge in [-0.05, 0) is 85.9 Å². The van der Waals surface area contributed by atoms with Gasteiger partial charge in [0, 0.05) is 73.8 Å². The Morgan fingerprint density at radius 3 is 2.01 bits per heavy atom. The van der Waals surface area contributed by atoms with Crippen LogP contribution in [-0.2, 0) is 41.6 Å². The molecule has 16 nitrogen and oxygen atoms in total. The van der Waals surface area contributed by atoms with Gasteiger partial charge in [-0.15, -0.1) is 0 Å². The zero-order chi connectivity index (χ0) is 55.1. The molecular formula is C55H67F5N8O8. The number of aliphatic hydroxyl groups excluding tert-OH is 1. The number of hydrogen-bond donors (Lipinski definition) is 3. The van der Waals surface area contributed by atoms with Gasteiger partial charge in [0.15, 0.2) is 5.78 Å². The molecule has 5 heterocycles. The van der Waals surface area contributed by atoms with Crippen molar-refractivity contribution in [1.82, 2.24) is 35.4 Å². The number of benzene rings is 2. The number of amides is 2. The highest BCUT2D eigenvalue weighted by molar-refractivity contribution is 5.88. The third-order valence-electron chi connectivity index (χ3n) is 14.8. The Morgan fingerprint density at radius 1 is 0.842 bits per heavy atom. The number of pyridine rings is 1. The van der Waals surface area contributed by atoms with E-state index in [1.165, 1.54) is 18.2 Å². The predicted molar refractivity (Wildman–Crippen MR) is 271 cm³/mol. The molecule has 2 unspecified atom stereocenters. The molecule has 0 saturated carbocycles. The summed E-state index contributed by atoms with van der Waals surface area (Å²) < 4.78 is 85.9. The number of piperazine rings is 1. The van der Waals surface area contributed by atoms with Crippen LogP contribution in [0, 0.1) is 34.5 Å². The number of alkyl carbamates (subject to hydrolysis) is 1. The number of hydrogen-bond acceptors (Lipinski definition) is 13. The number of halogens is 5. The van der Waals surface area contributed by atoms with E-state index in [0.29, 0.717) is 50.6 Å². The number of carbonyl (C=O) groups excluding carboxylic acids is 4. The maximum Gasteiger partial charge on any atom is 0.407 e. The largest absolute Gasteiger partial charge is 0.469 e. The van der Waals surface area contributed by atoms with Crippen LogP contribution in [0.5, 0.6) is 0 Å². The van der Waals surface area contributed by atoms with Gasteiger partial charge in [0.2, 0.25) is 5.91 Å². The summed E-state index contributed by atoms with van der Waals surface area (Å²) in [6, 6.07) is 18.2. The Balaban J connectivity index is 1.13. The minimum atomic E-state index is -4.97. The summed E-state index contributed by atoms with van der Waals surface area (Å²) in [6.07, 6.45) is -3.56. The maximum absolute atomic E-state index is 14.6. The fourth-order valence-electron chi connectivity index (χ4n) is 10.1. The molecule has 2 aromatic carbocycles. The van der Waals surface area contributed by atoms with E-state index in [9.17, 15) is 46.2 Å². The first kappa shape index (κ1) is 57.2. The molecule has 6 atom stereocenters. The van der Waals surface area contributed by atoms with Gasteiger partial charge in [-0.1, -0.05) is 69.0 Å². The minimum absolute atomic E-state index is 0.0531. The minimum Gasteiger partial charge on any atom is -0.469 e. The van der Waals surface area contributed by atoms with Gasteiger partial charge in [-0.25, -0.2) is 19.5 Å². The van der Waals surface area contributed by atoms with Gasteiger partial charge in [-0.2, -0.15) is 27.1 Å². The molecule has 3 N–H and O–H groups in total. The molecule has 2 amide bonds. The first-order valence-electron chi connectivity index (χ1n) is 25.3. The molecule has 3 aliphatic heterocycles. The molecule has 3 saturated heterocycles. The Hall–Kier alpha value is -6.47. The SMILES string of the molecule is COC(=O)C[C@H](C(=O)NN(Cc1ccc(-c2ccn(C(F)F)n2)cc1)C[C@H](O)[C@@H](CC(=O)[C@@H](NC(=O)OC)C(C)(C)C(F)(F)F)Cc1ccc(C#Cc2ccc(N3CC4CCC(C3)N4C3COC3)nc2)cc1)C(C)(C)C. The quantitative estimate of drug-likeness (QED) is 0.0347. The number of nitrogens with one attached hydrogen (secondary N) is 2. The number of aliphatic hydroxyl groups is 1. The van der Waals surface area contributed by atoms with E-state index in [1.807, 2.05) is 12.1 Å². The van der Waals surface area contributed by atoms with Crippen LogP contribution in [0.2, 0.25) is 0 Å². The third kappa shape index (κ3) is 14.1. The van der Waals surface area contributed by atoms with E-state index in [-0.39, 0.29) is 31.6 Å². The van der Waals surface area contributed by atoms with Gasteiger partial charge < -0.3 is 29.5 Å². The van der Waals surface area contributed by atoms with E-state index in [4.69, 9.17) is 14.5 Å². The van der Waals surface area contributed by atoms with Gasteiger partial charge in [0.25, 0.3) is 0 Å². The van der Waals surface area contributed by atoms with E-state index in [1.54, 1.807) is 75.5 Å². The van der Waals surface area contributed by atoms with Crippen LogP contribution in [0.25, 0.3) is 11.3 Å². The number of esters is 1. The summed E-state index contributed by atoms with van der Waals surface area (Å²) in [6.45, 7) is 6.95. The number of alkyl halides is 5. The Bertz CT molecular complexity index is 2690. The lowest BCUT2D eigenvalue weighted by Gasteiger charge is -2.47. The van der Waals surface area contributed by atoms with Crippen LogP contribution in [0.15, 0.2) is 79.1 Å². The van der Waals surface area contributed by atoms with Gasteiger partial charge in [0.1, 0.15) is 11.9 Å². The number of aromatic nitrogens is 3. The van der Waals surface area contributed by atoms with E-state index in [0.717, 1.165) is 72.1 Å². The van der Waals surface area contributed by atoms with Crippen molar-refractivity contribution in [3.05, 3.63) is 101 Å².